The first-order chi connectivity index (χ1) is 5.18. The highest BCUT2D eigenvalue weighted by atomic mass is 16.6. The zero-order valence-corrected chi connectivity index (χ0v) is 5.73. The molecule has 0 unspecified atom stereocenters. The molecule has 2 N–H and O–H groups in total. The average molecular weight is 156 g/mol. The Morgan fingerprint density at radius 2 is 2.45 bits per heavy atom. The van der Waals surface area contributed by atoms with E-state index in [9.17, 15) is 9.90 Å². The maximum Gasteiger partial charge on any atom is 0.331 e. The van der Waals surface area contributed by atoms with Crippen molar-refractivity contribution in [1.82, 2.24) is 0 Å². The number of aliphatic hydroxyl groups is 1. The van der Waals surface area contributed by atoms with E-state index in [0.29, 0.717) is 0 Å². The molecule has 1 heterocycles. The summed E-state index contributed by atoms with van der Waals surface area (Å²) in [6.07, 6.45) is 0.856. The van der Waals surface area contributed by atoms with Crippen LogP contribution in [-0.2, 0) is 9.53 Å². The third-order valence-electron chi connectivity index (χ3n) is 2.01. The summed E-state index contributed by atoms with van der Waals surface area (Å²) in [5.74, 6) is -0.960. The molecule has 4 nitrogen and oxygen atoms in total. The molecule has 1 aliphatic heterocycles. The summed E-state index contributed by atoms with van der Waals surface area (Å²) in [6.45, 7) is 0. The fourth-order valence-electron chi connectivity index (χ4n) is 1.35. The SMILES string of the molecule is O=C(O)C1=C[C@H]2O[C@H]2[C@H](O)C1. The molecule has 2 rings (SSSR count). The second kappa shape index (κ2) is 2.06. The van der Waals surface area contributed by atoms with Gasteiger partial charge in [0.25, 0.3) is 0 Å². The summed E-state index contributed by atoms with van der Waals surface area (Å²) in [4.78, 5) is 10.4. The van der Waals surface area contributed by atoms with Crippen molar-refractivity contribution >= 4 is 5.97 Å². The summed E-state index contributed by atoms with van der Waals surface area (Å²) in [5, 5.41) is 17.8. The van der Waals surface area contributed by atoms with Crippen molar-refractivity contribution in [3.63, 3.8) is 0 Å². The molecule has 1 fully saturated rings. The normalized spacial score (nSPS) is 40.8. The van der Waals surface area contributed by atoms with Gasteiger partial charge in [-0.3, -0.25) is 0 Å². The van der Waals surface area contributed by atoms with Crippen molar-refractivity contribution < 1.29 is 19.7 Å². The Bertz CT molecular complexity index is 233. The van der Waals surface area contributed by atoms with Gasteiger partial charge < -0.3 is 14.9 Å². The molecule has 3 atom stereocenters. The standard InChI is InChI=1S/C7H8O4/c8-4-1-3(7(9)10)2-5-6(4)11-5/h2,4-6,8H,1H2,(H,9,10)/t4-,5-,6+/m1/s1. The second-order valence-corrected chi connectivity index (χ2v) is 2.83. The van der Waals surface area contributed by atoms with E-state index in [1.807, 2.05) is 0 Å². The predicted molar refractivity (Wildman–Crippen MR) is 35.0 cm³/mol. The van der Waals surface area contributed by atoms with Gasteiger partial charge in [0.1, 0.15) is 12.2 Å². The molecule has 0 aromatic heterocycles. The topological polar surface area (TPSA) is 70.1 Å². The van der Waals surface area contributed by atoms with Crippen molar-refractivity contribution in [2.75, 3.05) is 0 Å². The minimum absolute atomic E-state index is 0.141. The fraction of sp³-hybridized carbons (Fsp3) is 0.571. The van der Waals surface area contributed by atoms with E-state index >= 15 is 0 Å². The highest BCUT2D eigenvalue weighted by Gasteiger charge is 2.47. The molecule has 0 aromatic rings. The Balaban J connectivity index is 2.17. The molecule has 1 aliphatic carbocycles. The molecule has 0 bridgehead atoms. The third-order valence-corrected chi connectivity index (χ3v) is 2.01. The number of fused-ring (bicyclic) bond motifs is 1. The van der Waals surface area contributed by atoms with Gasteiger partial charge in [-0.2, -0.15) is 0 Å². The van der Waals surface area contributed by atoms with Crippen LogP contribution in [0.1, 0.15) is 6.42 Å². The van der Waals surface area contributed by atoms with Crippen molar-refractivity contribution in [1.29, 1.82) is 0 Å². The monoisotopic (exact) mass is 156 g/mol. The summed E-state index contributed by atoms with van der Waals surface area (Å²) in [7, 11) is 0. The van der Waals surface area contributed by atoms with Crippen LogP contribution in [0.2, 0.25) is 0 Å². The van der Waals surface area contributed by atoms with Crippen LogP contribution < -0.4 is 0 Å². The van der Waals surface area contributed by atoms with Gasteiger partial charge in [-0.1, -0.05) is 0 Å². The van der Waals surface area contributed by atoms with Gasteiger partial charge in [0.15, 0.2) is 0 Å². The minimum Gasteiger partial charge on any atom is -0.478 e. The first kappa shape index (κ1) is 6.82. The molecule has 4 heteroatoms. The third kappa shape index (κ3) is 1.04. The molecular weight excluding hydrogens is 148 g/mol. The van der Waals surface area contributed by atoms with Crippen molar-refractivity contribution in [2.45, 2.75) is 24.7 Å². The molecule has 0 amide bonds. The molecule has 0 spiro atoms. The lowest BCUT2D eigenvalue weighted by atomic mass is 9.97. The largest absolute Gasteiger partial charge is 0.478 e. The predicted octanol–water partition coefficient (Wildman–Crippen LogP) is -0.471. The van der Waals surface area contributed by atoms with Crippen LogP contribution in [0, 0.1) is 0 Å². The van der Waals surface area contributed by atoms with Crippen LogP contribution in [0.4, 0.5) is 0 Å². The van der Waals surface area contributed by atoms with E-state index in [0.717, 1.165) is 0 Å². The molecule has 0 aromatic carbocycles. The Kier molecular flexibility index (Phi) is 1.27. The van der Waals surface area contributed by atoms with Crippen LogP contribution in [-0.4, -0.2) is 34.5 Å². The van der Waals surface area contributed by atoms with Gasteiger partial charge in [0.2, 0.25) is 0 Å². The van der Waals surface area contributed by atoms with E-state index in [-0.39, 0.29) is 24.2 Å². The lowest BCUT2D eigenvalue weighted by molar-refractivity contribution is -0.133. The summed E-state index contributed by atoms with van der Waals surface area (Å²) < 4.78 is 4.98. The van der Waals surface area contributed by atoms with Gasteiger partial charge >= 0.3 is 5.97 Å². The van der Waals surface area contributed by atoms with Crippen LogP contribution in [0.15, 0.2) is 11.6 Å². The summed E-state index contributed by atoms with van der Waals surface area (Å²) in [6, 6.07) is 0. The molecule has 11 heavy (non-hydrogen) atoms. The van der Waals surface area contributed by atoms with Crippen molar-refractivity contribution in [3.05, 3.63) is 11.6 Å². The van der Waals surface area contributed by atoms with Crippen LogP contribution in [0.3, 0.4) is 0 Å². The number of carboxylic acids is 1. The van der Waals surface area contributed by atoms with Crippen molar-refractivity contribution in [2.24, 2.45) is 0 Å². The van der Waals surface area contributed by atoms with Crippen LogP contribution in [0.25, 0.3) is 0 Å². The van der Waals surface area contributed by atoms with E-state index in [4.69, 9.17) is 9.84 Å². The molecule has 1 saturated heterocycles. The molecule has 2 aliphatic rings. The van der Waals surface area contributed by atoms with Gasteiger partial charge in [0, 0.05) is 12.0 Å². The summed E-state index contributed by atoms with van der Waals surface area (Å²) in [5.41, 5.74) is 0.260. The maximum atomic E-state index is 10.4. The van der Waals surface area contributed by atoms with Gasteiger partial charge in [0.05, 0.1) is 6.10 Å². The van der Waals surface area contributed by atoms with E-state index in [1.54, 1.807) is 6.08 Å². The van der Waals surface area contributed by atoms with Gasteiger partial charge in [-0.15, -0.1) is 0 Å². The van der Waals surface area contributed by atoms with Crippen LogP contribution in [0.5, 0.6) is 0 Å². The van der Waals surface area contributed by atoms with E-state index < -0.39 is 12.1 Å². The van der Waals surface area contributed by atoms with Gasteiger partial charge in [-0.25, -0.2) is 4.79 Å². The van der Waals surface area contributed by atoms with Crippen molar-refractivity contribution in [3.8, 4) is 0 Å². The Hall–Kier alpha value is -0.870. The first-order valence-electron chi connectivity index (χ1n) is 3.46. The minimum atomic E-state index is -0.960. The smallest absolute Gasteiger partial charge is 0.331 e. The number of ether oxygens (including phenoxy) is 1. The number of hydrogen-bond acceptors (Lipinski definition) is 3. The zero-order valence-electron chi connectivity index (χ0n) is 5.73. The molecular formula is C7H8O4. The zero-order chi connectivity index (χ0) is 8.01. The number of epoxide rings is 1. The Labute approximate surface area is 63.1 Å². The van der Waals surface area contributed by atoms with Crippen LogP contribution >= 0.6 is 0 Å². The maximum absolute atomic E-state index is 10.4. The lowest BCUT2D eigenvalue weighted by Crippen LogP contribution is -2.23. The first-order valence-corrected chi connectivity index (χ1v) is 3.46. The number of hydrogen-bond donors (Lipinski definition) is 2. The highest BCUT2D eigenvalue weighted by molar-refractivity contribution is 5.87. The fourth-order valence-corrected chi connectivity index (χ4v) is 1.35. The summed E-state index contributed by atoms with van der Waals surface area (Å²) >= 11 is 0. The molecule has 0 saturated carbocycles. The number of rotatable bonds is 1. The van der Waals surface area contributed by atoms with E-state index in [2.05, 4.69) is 0 Å². The average Bonchev–Trinajstić information content (AvgIpc) is 2.66. The Morgan fingerprint density at radius 1 is 1.73 bits per heavy atom. The quantitative estimate of drug-likeness (QED) is 0.503. The number of carbonyl (C=O) groups is 1. The lowest BCUT2D eigenvalue weighted by Gasteiger charge is -2.10. The van der Waals surface area contributed by atoms with E-state index in [1.165, 1.54) is 0 Å². The second-order valence-electron chi connectivity index (χ2n) is 2.83. The highest BCUT2D eigenvalue weighted by Crippen LogP contribution is 2.35. The number of aliphatic hydroxyl groups excluding tert-OH is 1. The van der Waals surface area contributed by atoms with Gasteiger partial charge in [-0.05, 0) is 6.08 Å². The Morgan fingerprint density at radius 3 is 3.00 bits per heavy atom. The number of carboxylic acid groups (broad SMARTS) is 1. The number of aliphatic carboxylic acids is 1. The molecule has 0 radical (unpaired) electrons. The molecule has 60 valence electrons.